The summed E-state index contributed by atoms with van der Waals surface area (Å²) in [5.41, 5.74) is 0.464. The van der Waals surface area contributed by atoms with Gasteiger partial charge in [-0.05, 0) is 12.1 Å². The molecule has 0 unspecified atom stereocenters. The molecular weight excluding hydrogens is 216 g/mol. The second kappa shape index (κ2) is 5.51. The minimum Gasteiger partial charge on any atom is -0.465 e. The molecule has 0 heterocycles. The molecule has 4 heteroatoms. The van der Waals surface area contributed by atoms with Crippen molar-refractivity contribution in [2.75, 3.05) is 6.61 Å². The van der Waals surface area contributed by atoms with Gasteiger partial charge in [0.1, 0.15) is 0 Å². The van der Waals surface area contributed by atoms with Crippen LogP contribution in [0.25, 0.3) is 0 Å². The number of carbonyl (C=O) groups excluding carboxylic acids is 2. The van der Waals surface area contributed by atoms with Crippen LogP contribution in [0.4, 0.5) is 0 Å². The van der Waals surface area contributed by atoms with Crippen molar-refractivity contribution in [2.45, 2.75) is 13.3 Å². The quantitative estimate of drug-likeness (QED) is 0.585. The Hall–Kier alpha value is -1.35. The highest BCUT2D eigenvalue weighted by molar-refractivity contribution is 6.33. The van der Waals surface area contributed by atoms with Gasteiger partial charge >= 0.3 is 5.97 Å². The van der Waals surface area contributed by atoms with Crippen molar-refractivity contribution in [3.05, 3.63) is 34.9 Å². The number of hydrogen-bond acceptors (Lipinski definition) is 3. The molecule has 0 saturated carbocycles. The van der Waals surface area contributed by atoms with Crippen LogP contribution >= 0.6 is 11.6 Å². The average molecular weight is 227 g/mol. The number of carbonyl (C=O) groups is 2. The van der Waals surface area contributed by atoms with Crippen LogP contribution in [-0.2, 0) is 9.53 Å². The van der Waals surface area contributed by atoms with E-state index in [0.29, 0.717) is 10.6 Å². The van der Waals surface area contributed by atoms with Crippen LogP contribution in [0.1, 0.15) is 23.7 Å². The minimum atomic E-state index is -0.387. The van der Waals surface area contributed by atoms with E-state index in [9.17, 15) is 9.59 Å². The first-order valence-corrected chi connectivity index (χ1v) is 4.90. The third-order valence-corrected chi connectivity index (χ3v) is 2.14. The number of esters is 1. The fourth-order valence-corrected chi connectivity index (χ4v) is 1.35. The number of hydrogen-bond donors (Lipinski definition) is 0. The molecule has 3 nitrogen and oxygen atoms in total. The van der Waals surface area contributed by atoms with Crippen LogP contribution in [0.5, 0.6) is 0 Å². The van der Waals surface area contributed by atoms with Crippen molar-refractivity contribution >= 4 is 23.4 Å². The van der Waals surface area contributed by atoms with Crippen LogP contribution in [0, 0.1) is 0 Å². The smallest absolute Gasteiger partial charge is 0.302 e. The molecule has 0 fully saturated rings. The fourth-order valence-electron chi connectivity index (χ4n) is 1.11. The van der Waals surface area contributed by atoms with Gasteiger partial charge in [-0.25, -0.2) is 0 Å². The molecule has 1 aromatic rings. The zero-order valence-corrected chi connectivity index (χ0v) is 9.08. The Morgan fingerprint density at radius 3 is 2.60 bits per heavy atom. The monoisotopic (exact) mass is 226 g/mol. The average Bonchev–Trinajstić information content (AvgIpc) is 2.17. The molecule has 0 aliphatic carbocycles. The highest BCUT2D eigenvalue weighted by Crippen LogP contribution is 2.16. The van der Waals surface area contributed by atoms with Gasteiger partial charge in [0, 0.05) is 18.9 Å². The molecule has 1 aromatic carbocycles. The van der Waals surface area contributed by atoms with E-state index in [1.807, 2.05) is 0 Å². The molecule has 0 N–H and O–H groups in total. The lowest BCUT2D eigenvalue weighted by atomic mass is 10.1. The van der Waals surface area contributed by atoms with E-state index in [1.165, 1.54) is 6.92 Å². The number of Topliss-reactive ketones (excluding diaryl/α,β-unsaturated/α-hetero) is 1. The Balaban J connectivity index is 2.54. The Kier molecular flexibility index (Phi) is 4.31. The van der Waals surface area contributed by atoms with E-state index in [1.54, 1.807) is 24.3 Å². The SMILES string of the molecule is CC(=O)OCCC(=O)c1ccccc1Cl. The van der Waals surface area contributed by atoms with Crippen LogP contribution in [0.15, 0.2) is 24.3 Å². The lowest BCUT2D eigenvalue weighted by Gasteiger charge is -2.03. The van der Waals surface area contributed by atoms with Crippen molar-refractivity contribution < 1.29 is 14.3 Å². The van der Waals surface area contributed by atoms with Crippen LogP contribution < -0.4 is 0 Å². The van der Waals surface area contributed by atoms with Crippen molar-refractivity contribution in [3.63, 3.8) is 0 Å². The van der Waals surface area contributed by atoms with Crippen molar-refractivity contribution in [1.82, 2.24) is 0 Å². The van der Waals surface area contributed by atoms with Crippen LogP contribution in [-0.4, -0.2) is 18.4 Å². The van der Waals surface area contributed by atoms with E-state index in [0.717, 1.165) is 0 Å². The molecular formula is C11H11ClO3. The van der Waals surface area contributed by atoms with Gasteiger partial charge in [0.15, 0.2) is 5.78 Å². The van der Waals surface area contributed by atoms with Gasteiger partial charge in [-0.3, -0.25) is 9.59 Å². The zero-order valence-electron chi connectivity index (χ0n) is 8.33. The second-order valence-electron chi connectivity index (χ2n) is 2.99. The van der Waals surface area contributed by atoms with E-state index >= 15 is 0 Å². The first-order valence-electron chi connectivity index (χ1n) is 4.52. The first kappa shape index (κ1) is 11.7. The van der Waals surface area contributed by atoms with E-state index in [4.69, 9.17) is 11.6 Å². The zero-order chi connectivity index (χ0) is 11.3. The number of benzene rings is 1. The summed E-state index contributed by atoms with van der Waals surface area (Å²) in [5, 5.41) is 0.422. The van der Waals surface area contributed by atoms with E-state index in [2.05, 4.69) is 4.74 Å². The Morgan fingerprint density at radius 2 is 2.00 bits per heavy atom. The van der Waals surface area contributed by atoms with Crippen molar-refractivity contribution in [3.8, 4) is 0 Å². The van der Waals surface area contributed by atoms with Gasteiger partial charge in [0.05, 0.1) is 11.6 Å². The molecule has 1 rings (SSSR count). The first-order chi connectivity index (χ1) is 7.11. The van der Waals surface area contributed by atoms with Gasteiger partial charge in [-0.15, -0.1) is 0 Å². The topological polar surface area (TPSA) is 43.4 Å². The van der Waals surface area contributed by atoms with Gasteiger partial charge in [-0.1, -0.05) is 23.7 Å². The molecule has 0 amide bonds. The second-order valence-corrected chi connectivity index (χ2v) is 3.40. The molecule has 0 saturated heterocycles. The molecule has 0 radical (unpaired) electrons. The summed E-state index contributed by atoms with van der Waals surface area (Å²) >= 11 is 5.83. The molecule has 0 bridgehead atoms. The third-order valence-electron chi connectivity index (χ3n) is 1.81. The standard InChI is InChI=1S/C11H11ClO3/c1-8(13)15-7-6-11(14)9-4-2-3-5-10(9)12/h2-5H,6-7H2,1H3. The Bertz CT molecular complexity index is 374. The molecule has 0 aromatic heterocycles. The van der Waals surface area contributed by atoms with Gasteiger partial charge in [0.25, 0.3) is 0 Å². The minimum absolute atomic E-state index is 0.0966. The molecule has 0 aliphatic rings. The molecule has 0 aliphatic heterocycles. The lowest BCUT2D eigenvalue weighted by molar-refractivity contribution is -0.140. The third kappa shape index (κ3) is 3.72. The normalized spacial score (nSPS) is 9.73. The van der Waals surface area contributed by atoms with Crippen LogP contribution in [0.3, 0.4) is 0 Å². The van der Waals surface area contributed by atoms with Crippen molar-refractivity contribution in [1.29, 1.82) is 0 Å². The van der Waals surface area contributed by atoms with Gasteiger partial charge in [-0.2, -0.15) is 0 Å². The summed E-state index contributed by atoms with van der Waals surface area (Å²) < 4.78 is 4.67. The summed E-state index contributed by atoms with van der Waals surface area (Å²) in [4.78, 5) is 22.0. The van der Waals surface area contributed by atoms with E-state index < -0.39 is 0 Å². The highest BCUT2D eigenvalue weighted by atomic mass is 35.5. The molecule has 15 heavy (non-hydrogen) atoms. The number of halogens is 1. The fraction of sp³-hybridized carbons (Fsp3) is 0.273. The Morgan fingerprint density at radius 1 is 1.33 bits per heavy atom. The van der Waals surface area contributed by atoms with Crippen molar-refractivity contribution in [2.24, 2.45) is 0 Å². The predicted octanol–water partition coefficient (Wildman–Crippen LogP) is 2.48. The van der Waals surface area contributed by atoms with E-state index in [-0.39, 0.29) is 24.8 Å². The maximum absolute atomic E-state index is 11.6. The number of ketones is 1. The maximum Gasteiger partial charge on any atom is 0.302 e. The summed E-state index contributed by atoms with van der Waals surface area (Å²) in [6, 6.07) is 6.80. The number of ether oxygens (including phenoxy) is 1. The van der Waals surface area contributed by atoms with Gasteiger partial charge in [0.2, 0.25) is 0 Å². The summed E-state index contributed by atoms with van der Waals surface area (Å²) in [5.74, 6) is -0.510. The molecule has 80 valence electrons. The summed E-state index contributed by atoms with van der Waals surface area (Å²) in [6.45, 7) is 1.40. The lowest BCUT2D eigenvalue weighted by Crippen LogP contribution is -2.07. The Labute approximate surface area is 93.0 Å². The predicted molar refractivity (Wildman–Crippen MR) is 57.0 cm³/mol. The van der Waals surface area contributed by atoms with Gasteiger partial charge < -0.3 is 4.74 Å². The molecule has 0 spiro atoms. The largest absolute Gasteiger partial charge is 0.465 e. The highest BCUT2D eigenvalue weighted by Gasteiger charge is 2.09. The maximum atomic E-state index is 11.6. The number of rotatable bonds is 4. The molecule has 0 atom stereocenters. The van der Waals surface area contributed by atoms with Crippen LogP contribution in [0.2, 0.25) is 5.02 Å². The summed E-state index contributed by atoms with van der Waals surface area (Å²) in [7, 11) is 0. The summed E-state index contributed by atoms with van der Waals surface area (Å²) in [6.07, 6.45) is 0.156.